The minimum Gasteiger partial charge on any atom is -0.493 e. The number of methoxy groups -OCH3 is 2. The van der Waals surface area contributed by atoms with Crippen molar-refractivity contribution in [3.8, 4) is 33.9 Å². The molecule has 0 amide bonds. The van der Waals surface area contributed by atoms with Crippen LogP contribution in [-0.4, -0.2) is 19.4 Å². The van der Waals surface area contributed by atoms with E-state index in [1.807, 2.05) is 36.4 Å². The second-order valence-corrected chi connectivity index (χ2v) is 6.44. The third-order valence-electron chi connectivity index (χ3n) is 3.45. The van der Waals surface area contributed by atoms with Crippen molar-refractivity contribution in [3.05, 3.63) is 51.5 Å². The molecular weight excluding hydrogens is 426 g/mol. The summed E-state index contributed by atoms with van der Waals surface area (Å²) in [5, 5.41) is 3.97. The Morgan fingerprint density at radius 3 is 2.26 bits per heavy atom. The average Bonchev–Trinajstić information content (AvgIpc) is 3.04. The Hall–Kier alpha value is -1.79. The van der Waals surface area contributed by atoms with Crippen LogP contribution in [0.15, 0.2) is 56.1 Å². The molecular formula is C17H13Br2NO3. The largest absolute Gasteiger partial charge is 0.493 e. The highest BCUT2D eigenvalue weighted by atomic mass is 79.9. The lowest BCUT2D eigenvalue weighted by atomic mass is 10.0. The Morgan fingerprint density at radius 2 is 1.57 bits per heavy atom. The molecule has 4 nitrogen and oxygen atoms in total. The van der Waals surface area contributed by atoms with Crippen molar-refractivity contribution in [1.82, 2.24) is 5.16 Å². The van der Waals surface area contributed by atoms with Gasteiger partial charge in [0.05, 0.1) is 26.0 Å². The third-order valence-corrected chi connectivity index (χ3v) is 4.80. The van der Waals surface area contributed by atoms with Crippen molar-refractivity contribution in [2.75, 3.05) is 14.2 Å². The van der Waals surface area contributed by atoms with Crippen LogP contribution in [0.1, 0.15) is 0 Å². The molecule has 0 aliphatic carbocycles. The number of rotatable bonds is 4. The van der Waals surface area contributed by atoms with Crippen LogP contribution in [0.5, 0.6) is 11.5 Å². The van der Waals surface area contributed by atoms with Crippen LogP contribution >= 0.6 is 31.9 Å². The summed E-state index contributed by atoms with van der Waals surface area (Å²) >= 11 is 7.13. The van der Waals surface area contributed by atoms with Gasteiger partial charge in [-0.2, -0.15) is 0 Å². The summed E-state index contributed by atoms with van der Waals surface area (Å²) in [5.74, 6) is 1.93. The summed E-state index contributed by atoms with van der Waals surface area (Å²) in [7, 11) is 3.20. The molecule has 0 spiro atoms. The van der Waals surface area contributed by atoms with E-state index in [4.69, 9.17) is 14.0 Å². The van der Waals surface area contributed by atoms with Crippen molar-refractivity contribution in [1.29, 1.82) is 0 Å². The molecule has 0 atom stereocenters. The van der Waals surface area contributed by atoms with Crippen LogP contribution in [0.25, 0.3) is 22.5 Å². The maximum Gasteiger partial charge on any atom is 0.175 e. The molecule has 0 radical (unpaired) electrons. The first-order valence-electron chi connectivity index (χ1n) is 6.77. The molecule has 1 aromatic heterocycles. The van der Waals surface area contributed by atoms with E-state index >= 15 is 0 Å². The Morgan fingerprint density at radius 1 is 0.870 bits per heavy atom. The van der Waals surface area contributed by atoms with Crippen LogP contribution in [0.4, 0.5) is 0 Å². The SMILES string of the molecule is COc1cc(Br)c(-c2oncc2-c2ccccc2Br)cc1OC. The summed E-state index contributed by atoms with van der Waals surface area (Å²) in [4.78, 5) is 0. The highest BCUT2D eigenvalue weighted by Crippen LogP contribution is 2.43. The first-order valence-corrected chi connectivity index (χ1v) is 8.35. The van der Waals surface area contributed by atoms with Crippen LogP contribution in [0, 0.1) is 0 Å². The van der Waals surface area contributed by atoms with Crippen molar-refractivity contribution in [2.24, 2.45) is 0 Å². The van der Waals surface area contributed by atoms with Gasteiger partial charge in [-0.1, -0.05) is 39.3 Å². The van der Waals surface area contributed by atoms with Crippen molar-refractivity contribution < 1.29 is 14.0 Å². The van der Waals surface area contributed by atoms with Crippen molar-refractivity contribution in [3.63, 3.8) is 0 Å². The molecule has 1 heterocycles. The molecule has 0 bridgehead atoms. The van der Waals surface area contributed by atoms with E-state index < -0.39 is 0 Å². The Labute approximate surface area is 150 Å². The molecule has 2 aromatic carbocycles. The van der Waals surface area contributed by atoms with E-state index in [1.165, 1.54) is 0 Å². The molecule has 0 saturated carbocycles. The fraction of sp³-hybridized carbons (Fsp3) is 0.118. The van der Waals surface area contributed by atoms with Gasteiger partial charge in [0, 0.05) is 20.1 Å². The first kappa shape index (κ1) is 16.1. The van der Waals surface area contributed by atoms with Gasteiger partial charge in [0.15, 0.2) is 17.3 Å². The molecule has 23 heavy (non-hydrogen) atoms. The summed E-state index contributed by atoms with van der Waals surface area (Å²) in [6, 6.07) is 11.6. The summed E-state index contributed by atoms with van der Waals surface area (Å²) in [6.45, 7) is 0. The van der Waals surface area contributed by atoms with Gasteiger partial charge in [-0.15, -0.1) is 0 Å². The van der Waals surface area contributed by atoms with Crippen LogP contribution in [0.2, 0.25) is 0 Å². The predicted molar refractivity (Wildman–Crippen MR) is 95.9 cm³/mol. The lowest BCUT2D eigenvalue weighted by Gasteiger charge is -2.11. The molecule has 0 N–H and O–H groups in total. The van der Waals surface area contributed by atoms with Crippen LogP contribution < -0.4 is 9.47 Å². The Balaban J connectivity index is 2.18. The normalized spacial score (nSPS) is 10.6. The number of hydrogen-bond donors (Lipinski definition) is 0. The topological polar surface area (TPSA) is 44.5 Å². The van der Waals surface area contributed by atoms with Gasteiger partial charge in [-0.3, -0.25) is 0 Å². The number of nitrogens with zero attached hydrogens (tertiary/aromatic N) is 1. The highest BCUT2D eigenvalue weighted by Gasteiger charge is 2.19. The van der Waals surface area contributed by atoms with Gasteiger partial charge in [0.2, 0.25) is 0 Å². The highest BCUT2D eigenvalue weighted by molar-refractivity contribution is 9.11. The fourth-order valence-electron chi connectivity index (χ4n) is 2.33. The standard InChI is InChI=1S/C17H13Br2NO3/c1-21-15-7-11(14(19)8-16(15)22-2)17-12(9-20-23-17)10-5-3-4-6-13(10)18/h3-9H,1-2H3. The summed E-state index contributed by atoms with van der Waals surface area (Å²) < 4.78 is 18.0. The molecule has 118 valence electrons. The van der Waals surface area contributed by atoms with E-state index in [0.29, 0.717) is 17.3 Å². The van der Waals surface area contributed by atoms with Gasteiger partial charge in [0.1, 0.15) is 0 Å². The Kier molecular flexibility index (Phi) is 4.73. The number of aromatic nitrogens is 1. The summed E-state index contributed by atoms with van der Waals surface area (Å²) in [6.07, 6.45) is 1.71. The second-order valence-electron chi connectivity index (χ2n) is 4.74. The van der Waals surface area contributed by atoms with E-state index in [1.54, 1.807) is 20.4 Å². The maximum absolute atomic E-state index is 5.52. The van der Waals surface area contributed by atoms with E-state index in [0.717, 1.165) is 25.6 Å². The van der Waals surface area contributed by atoms with E-state index in [9.17, 15) is 0 Å². The van der Waals surface area contributed by atoms with Crippen LogP contribution in [0.3, 0.4) is 0 Å². The third kappa shape index (κ3) is 3.01. The zero-order chi connectivity index (χ0) is 16.4. The minimum atomic E-state index is 0.625. The zero-order valence-corrected chi connectivity index (χ0v) is 15.6. The minimum absolute atomic E-state index is 0.625. The molecule has 0 aliphatic rings. The van der Waals surface area contributed by atoms with E-state index in [2.05, 4.69) is 37.0 Å². The van der Waals surface area contributed by atoms with E-state index in [-0.39, 0.29) is 0 Å². The van der Waals surface area contributed by atoms with Gasteiger partial charge < -0.3 is 14.0 Å². The predicted octanol–water partition coefficient (Wildman–Crippen LogP) is 5.55. The molecule has 0 unspecified atom stereocenters. The maximum atomic E-state index is 5.52. The number of hydrogen-bond acceptors (Lipinski definition) is 4. The number of benzene rings is 2. The van der Waals surface area contributed by atoms with Gasteiger partial charge >= 0.3 is 0 Å². The van der Waals surface area contributed by atoms with Gasteiger partial charge in [0.25, 0.3) is 0 Å². The monoisotopic (exact) mass is 437 g/mol. The van der Waals surface area contributed by atoms with Crippen molar-refractivity contribution >= 4 is 31.9 Å². The molecule has 0 aliphatic heterocycles. The van der Waals surface area contributed by atoms with Crippen LogP contribution in [-0.2, 0) is 0 Å². The Bertz CT molecular complexity index is 846. The van der Waals surface area contributed by atoms with Gasteiger partial charge in [-0.25, -0.2) is 0 Å². The number of halogens is 2. The molecule has 3 rings (SSSR count). The molecule has 6 heteroatoms. The molecule has 0 fully saturated rings. The number of ether oxygens (including phenoxy) is 2. The second kappa shape index (κ2) is 6.76. The lowest BCUT2D eigenvalue weighted by Crippen LogP contribution is -1.92. The quantitative estimate of drug-likeness (QED) is 0.535. The van der Waals surface area contributed by atoms with Crippen molar-refractivity contribution in [2.45, 2.75) is 0 Å². The molecule has 3 aromatic rings. The molecule has 0 saturated heterocycles. The summed E-state index contributed by atoms with van der Waals surface area (Å²) in [5.41, 5.74) is 2.74. The first-order chi connectivity index (χ1) is 11.2. The lowest BCUT2D eigenvalue weighted by molar-refractivity contribution is 0.354. The average molecular weight is 439 g/mol. The fourth-order valence-corrected chi connectivity index (χ4v) is 3.33. The zero-order valence-electron chi connectivity index (χ0n) is 12.5. The van der Waals surface area contributed by atoms with Gasteiger partial charge in [-0.05, 0) is 34.1 Å². The smallest absolute Gasteiger partial charge is 0.175 e.